The van der Waals surface area contributed by atoms with E-state index in [0.717, 1.165) is 6.08 Å². The van der Waals surface area contributed by atoms with Gasteiger partial charge in [0.1, 0.15) is 0 Å². The first kappa shape index (κ1) is 12.1. The molecule has 0 saturated carbocycles. The van der Waals surface area contributed by atoms with Crippen LogP contribution in [-0.2, 0) is 4.79 Å². The fraction of sp³-hybridized carbons (Fsp3) is 0.625. The summed E-state index contributed by atoms with van der Waals surface area (Å²) in [6, 6.07) is 0. The molecule has 4 nitrogen and oxygen atoms in total. The van der Waals surface area contributed by atoms with Gasteiger partial charge in [0.25, 0.3) is 0 Å². The van der Waals surface area contributed by atoms with Crippen LogP contribution in [0.2, 0.25) is 0 Å². The summed E-state index contributed by atoms with van der Waals surface area (Å²) in [5.41, 5.74) is 10.2. The summed E-state index contributed by atoms with van der Waals surface area (Å²) < 4.78 is 12.8. The van der Waals surface area contributed by atoms with Crippen molar-refractivity contribution in [1.82, 2.24) is 0 Å². The highest BCUT2D eigenvalue weighted by molar-refractivity contribution is 5.69. The zero-order valence-electron chi connectivity index (χ0n) is 7.53. The maximum absolute atomic E-state index is 12.8. The molecule has 0 aromatic heterocycles. The van der Waals surface area contributed by atoms with Crippen LogP contribution in [0, 0.1) is 5.92 Å². The molecule has 1 unspecified atom stereocenters. The minimum Gasteiger partial charge on any atom is -0.481 e. The summed E-state index contributed by atoms with van der Waals surface area (Å²) in [5, 5.41) is 8.49. The van der Waals surface area contributed by atoms with Gasteiger partial charge in [0.15, 0.2) is 0 Å². The lowest BCUT2D eigenvalue weighted by Crippen LogP contribution is -2.27. The molecule has 0 spiro atoms. The van der Waals surface area contributed by atoms with Crippen molar-refractivity contribution in [3.8, 4) is 0 Å². The Bertz CT molecular complexity index is 204. The van der Waals surface area contributed by atoms with E-state index < -0.39 is 23.9 Å². The average molecular weight is 190 g/mol. The van der Waals surface area contributed by atoms with Crippen molar-refractivity contribution < 1.29 is 14.3 Å². The maximum Gasteiger partial charge on any atom is 0.306 e. The highest BCUT2D eigenvalue weighted by atomic mass is 19.1. The summed E-state index contributed by atoms with van der Waals surface area (Å²) in [4.78, 5) is 10.3. The van der Waals surface area contributed by atoms with Gasteiger partial charge in [0, 0.05) is 0 Å². The van der Waals surface area contributed by atoms with E-state index in [1.807, 2.05) is 0 Å². The third-order valence-electron chi connectivity index (χ3n) is 1.61. The largest absolute Gasteiger partial charge is 0.481 e. The van der Waals surface area contributed by atoms with Crippen molar-refractivity contribution >= 4 is 5.97 Å². The maximum atomic E-state index is 12.8. The van der Waals surface area contributed by atoms with Gasteiger partial charge >= 0.3 is 5.97 Å². The predicted molar refractivity (Wildman–Crippen MR) is 47.4 cm³/mol. The summed E-state index contributed by atoms with van der Waals surface area (Å²) >= 11 is 0. The van der Waals surface area contributed by atoms with Crippen molar-refractivity contribution in [2.45, 2.75) is 25.9 Å². The quantitative estimate of drug-likeness (QED) is 0.553. The number of allylic oxidation sites excluding steroid dienone is 1. The van der Waals surface area contributed by atoms with Crippen LogP contribution in [0.5, 0.6) is 0 Å². The minimum atomic E-state index is -0.926. The number of aliphatic carboxylic acids is 1. The smallest absolute Gasteiger partial charge is 0.306 e. The van der Waals surface area contributed by atoms with Gasteiger partial charge in [-0.25, -0.2) is 4.39 Å². The van der Waals surface area contributed by atoms with Gasteiger partial charge in [-0.1, -0.05) is 6.92 Å². The van der Waals surface area contributed by atoms with Gasteiger partial charge in [0.05, 0.1) is 17.9 Å². The lowest BCUT2D eigenvalue weighted by Gasteiger charge is -2.04. The number of carboxylic acids is 1. The Morgan fingerprint density at radius 3 is 2.54 bits per heavy atom. The van der Waals surface area contributed by atoms with Crippen LogP contribution in [0.3, 0.4) is 0 Å². The van der Waals surface area contributed by atoms with E-state index in [0.29, 0.717) is 0 Å². The molecule has 1 atom stereocenters. The Balaban J connectivity index is 3.82. The lowest BCUT2D eigenvalue weighted by molar-refractivity contribution is -0.141. The molecule has 0 rings (SSSR count). The van der Waals surface area contributed by atoms with Crippen LogP contribution < -0.4 is 11.5 Å². The molecule has 0 aliphatic carbocycles. The second-order valence-electron chi connectivity index (χ2n) is 2.97. The van der Waals surface area contributed by atoms with Crippen LogP contribution in [0.15, 0.2) is 11.9 Å². The molecule has 0 heterocycles. The summed E-state index contributed by atoms with van der Waals surface area (Å²) in [7, 11) is 0. The van der Waals surface area contributed by atoms with E-state index in [1.165, 1.54) is 6.92 Å². The Labute approximate surface area is 76.4 Å². The van der Waals surface area contributed by atoms with E-state index in [2.05, 4.69) is 0 Å². The summed E-state index contributed by atoms with van der Waals surface area (Å²) in [5.74, 6) is -1.93. The van der Waals surface area contributed by atoms with Gasteiger partial charge in [-0.05, 0) is 18.9 Å². The monoisotopic (exact) mass is 190 g/mol. The minimum absolute atomic E-state index is 0.0678. The van der Waals surface area contributed by atoms with Crippen molar-refractivity contribution in [3.05, 3.63) is 11.9 Å². The zero-order chi connectivity index (χ0) is 10.4. The summed E-state index contributed by atoms with van der Waals surface area (Å²) in [6.45, 7) is 1.53. The summed E-state index contributed by atoms with van der Waals surface area (Å²) in [6.07, 6.45) is 0.581. The Kier molecular flexibility index (Phi) is 5.25. The third-order valence-corrected chi connectivity index (χ3v) is 1.61. The number of carboxylic acid groups (broad SMARTS) is 1. The number of nitrogens with two attached hydrogens (primary N) is 2. The van der Waals surface area contributed by atoms with E-state index in [4.69, 9.17) is 16.6 Å². The fourth-order valence-corrected chi connectivity index (χ4v) is 0.770. The molecular formula is C8H15FN2O2. The van der Waals surface area contributed by atoms with Crippen molar-refractivity contribution in [3.63, 3.8) is 0 Å². The molecular weight excluding hydrogens is 175 g/mol. The second kappa shape index (κ2) is 5.66. The molecule has 0 saturated heterocycles. The van der Waals surface area contributed by atoms with Crippen LogP contribution in [0.25, 0.3) is 0 Å². The van der Waals surface area contributed by atoms with E-state index >= 15 is 0 Å². The molecule has 0 aromatic carbocycles. The normalized spacial score (nSPS) is 14.7. The molecule has 0 aromatic rings. The predicted octanol–water partition coefficient (Wildman–Crippen LogP) is 0.584. The van der Waals surface area contributed by atoms with Crippen LogP contribution in [-0.4, -0.2) is 17.2 Å². The van der Waals surface area contributed by atoms with E-state index in [-0.39, 0.29) is 12.8 Å². The molecule has 5 heteroatoms. The molecule has 0 aliphatic heterocycles. The fourth-order valence-electron chi connectivity index (χ4n) is 0.770. The molecule has 5 N–H and O–H groups in total. The van der Waals surface area contributed by atoms with Gasteiger partial charge < -0.3 is 16.6 Å². The first-order chi connectivity index (χ1) is 5.93. The Morgan fingerprint density at radius 2 is 2.15 bits per heavy atom. The van der Waals surface area contributed by atoms with Crippen molar-refractivity contribution in [2.75, 3.05) is 0 Å². The zero-order valence-corrected chi connectivity index (χ0v) is 7.53. The van der Waals surface area contributed by atoms with E-state index in [9.17, 15) is 9.18 Å². The third kappa shape index (κ3) is 6.24. The average Bonchev–Trinajstić information content (AvgIpc) is 1.98. The second-order valence-corrected chi connectivity index (χ2v) is 2.97. The number of hydrogen-bond acceptors (Lipinski definition) is 3. The standard InChI is InChI=1S/C8H15FN2O2/c1-5(8(12)13)2-3-6(9)4-7(10)11/h4-5,7H,2-3,10-11H2,1H3,(H,12,13)/b6-4-. The molecule has 0 radical (unpaired) electrons. The van der Waals surface area contributed by atoms with Gasteiger partial charge in [0.2, 0.25) is 0 Å². The van der Waals surface area contributed by atoms with Gasteiger partial charge in [-0.3, -0.25) is 4.79 Å². The topological polar surface area (TPSA) is 89.3 Å². The van der Waals surface area contributed by atoms with E-state index in [1.54, 1.807) is 0 Å². The van der Waals surface area contributed by atoms with Crippen molar-refractivity contribution in [2.24, 2.45) is 17.4 Å². The molecule has 0 bridgehead atoms. The number of carbonyl (C=O) groups is 1. The molecule has 0 aliphatic rings. The SMILES string of the molecule is CC(CC/C(F)=C/C(N)N)C(=O)O. The first-order valence-electron chi connectivity index (χ1n) is 4.03. The van der Waals surface area contributed by atoms with Gasteiger partial charge in [-0.15, -0.1) is 0 Å². The van der Waals surface area contributed by atoms with Crippen LogP contribution >= 0.6 is 0 Å². The molecule has 76 valence electrons. The van der Waals surface area contributed by atoms with Crippen LogP contribution in [0.1, 0.15) is 19.8 Å². The molecule has 13 heavy (non-hydrogen) atoms. The Morgan fingerprint density at radius 1 is 1.62 bits per heavy atom. The van der Waals surface area contributed by atoms with Crippen molar-refractivity contribution in [1.29, 1.82) is 0 Å². The first-order valence-corrected chi connectivity index (χ1v) is 4.03. The number of rotatable bonds is 5. The number of halogens is 1. The molecule has 0 fully saturated rings. The van der Waals surface area contributed by atoms with Gasteiger partial charge in [-0.2, -0.15) is 0 Å². The highest BCUT2D eigenvalue weighted by Gasteiger charge is 2.11. The Hall–Kier alpha value is -0.940. The molecule has 0 amide bonds. The van der Waals surface area contributed by atoms with Crippen LogP contribution in [0.4, 0.5) is 4.39 Å². The lowest BCUT2D eigenvalue weighted by atomic mass is 10.1. The highest BCUT2D eigenvalue weighted by Crippen LogP contribution is 2.12. The number of hydrogen-bond donors (Lipinski definition) is 3.